The van der Waals surface area contributed by atoms with E-state index in [9.17, 15) is 18.0 Å². The molecule has 0 saturated heterocycles. The predicted molar refractivity (Wildman–Crippen MR) is 128 cm³/mol. The molecule has 0 fully saturated rings. The van der Waals surface area contributed by atoms with Crippen molar-refractivity contribution >= 4 is 33.4 Å². The summed E-state index contributed by atoms with van der Waals surface area (Å²) in [4.78, 5) is 25.6. The predicted octanol–water partition coefficient (Wildman–Crippen LogP) is 3.08. The van der Waals surface area contributed by atoms with Crippen LogP contribution in [0.25, 0.3) is 0 Å². The number of nitrogens with zero attached hydrogens (tertiary/aromatic N) is 2. The van der Waals surface area contributed by atoms with Gasteiger partial charge in [0.15, 0.2) is 0 Å². The van der Waals surface area contributed by atoms with E-state index in [0.717, 1.165) is 26.2 Å². The van der Waals surface area contributed by atoms with Crippen LogP contribution in [-0.4, -0.2) is 51.2 Å². The van der Waals surface area contributed by atoms with Crippen LogP contribution < -0.4 is 14.9 Å². The summed E-state index contributed by atoms with van der Waals surface area (Å²) in [6.45, 7) is 7.07. The molecular formula is C23H32N4O4S. The Bertz CT molecular complexity index is 1080. The first-order valence-corrected chi connectivity index (χ1v) is 11.8. The minimum atomic E-state index is -3.94. The molecule has 0 heterocycles. The Morgan fingerprint density at radius 2 is 1.72 bits per heavy atom. The van der Waals surface area contributed by atoms with E-state index in [2.05, 4.69) is 10.6 Å². The average Bonchev–Trinajstić information content (AvgIpc) is 2.73. The van der Waals surface area contributed by atoms with Crippen molar-refractivity contribution in [2.45, 2.75) is 40.2 Å². The van der Waals surface area contributed by atoms with Crippen molar-refractivity contribution < 1.29 is 18.0 Å². The second-order valence-corrected chi connectivity index (χ2v) is 10.0. The molecule has 2 aromatic carbocycles. The molecule has 0 aliphatic rings. The maximum absolute atomic E-state index is 13.0. The molecule has 0 aliphatic heterocycles. The molecule has 32 heavy (non-hydrogen) atoms. The van der Waals surface area contributed by atoms with Crippen molar-refractivity contribution in [3.63, 3.8) is 0 Å². The highest BCUT2D eigenvalue weighted by atomic mass is 32.2. The average molecular weight is 461 g/mol. The van der Waals surface area contributed by atoms with Gasteiger partial charge in [-0.05, 0) is 56.5 Å². The summed E-state index contributed by atoms with van der Waals surface area (Å²) in [6, 6.07) is 12.1. The third kappa shape index (κ3) is 6.08. The van der Waals surface area contributed by atoms with Crippen molar-refractivity contribution in [3.05, 3.63) is 59.2 Å². The zero-order chi connectivity index (χ0) is 24.1. The summed E-state index contributed by atoms with van der Waals surface area (Å²) < 4.78 is 28.2. The van der Waals surface area contributed by atoms with E-state index in [1.54, 1.807) is 37.3 Å². The molecule has 1 unspecified atom stereocenters. The first-order chi connectivity index (χ1) is 15.0. The first kappa shape index (κ1) is 25.4. The van der Waals surface area contributed by atoms with Gasteiger partial charge in [-0.15, -0.1) is 0 Å². The number of anilines is 2. The SMILES string of the molecule is CCC(C)NC(=O)c1ccccc1NC(=O)CN(c1cc(C)ccc1C)S(=O)(=O)N(C)C. The Hall–Kier alpha value is -2.91. The number of para-hydroxylation sites is 1. The van der Waals surface area contributed by atoms with Gasteiger partial charge in [-0.1, -0.05) is 31.2 Å². The Morgan fingerprint density at radius 3 is 2.34 bits per heavy atom. The summed E-state index contributed by atoms with van der Waals surface area (Å²) in [7, 11) is -1.10. The number of aryl methyl sites for hydroxylation is 2. The number of carbonyl (C=O) groups excluding carboxylic acids is 2. The van der Waals surface area contributed by atoms with E-state index in [1.807, 2.05) is 32.9 Å². The molecule has 0 saturated carbocycles. The van der Waals surface area contributed by atoms with Gasteiger partial charge in [-0.3, -0.25) is 9.59 Å². The van der Waals surface area contributed by atoms with Crippen LogP contribution in [0.1, 0.15) is 41.8 Å². The molecule has 2 aromatic rings. The topological polar surface area (TPSA) is 98.8 Å². The highest BCUT2D eigenvalue weighted by Crippen LogP contribution is 2.25. The summed E-state index contributed by atoms with van der Waals surface area (Å²) in [5.41, 5.74) is 2.66. The van der Waals surface area contributed by atoms with Crippen molar-refractivity contribution in [1.29, 1.82) is 0 Å². The van der Waals surface area contributed by atoms with Crippen molar-refractivity contribution in [2.24, 2.45) is 0 Å². The quantitative estimate of drug-likeness (QED) is 0.601. The molecule has 0 aromatic heterocycles. The second kappa shape index (κ2) is 10.6. The lowest BCUT2D eigenvalue weighted by Gasteiger charge is -2.28. The lowest BCUT2D eigenvalue weighted by molar-refractivity contribution is -0.114. The van der Waals surface area contributed by atoms with Crippen molar-refractivity contribution in [3.8, 4) is 0 Å². The molecule has 2 amide bonds. The number of hydrogen-bond acceptors (Lipinski definition) is 4. The Balaban J connectivity index is 2.35. The van der Waals surface area contributed by atoms with Crippen LogP contribution in [0.3, 0.4) is 0 Å². The van der Waals surface area contributed by atoms with E-state index in [0.29, 0.717) is 16.9 Å². The van der Waals surface area contributed by atoms with E-state index in [-0.39, 0.29) is 11.9 Å². The minimum Gasteiger partial charge on any atom is -0.350 e. The highest BCUT2D eigenvalue weighted by Gasteiger charge is 2.29. The van der Waals surface area contributed by atoms with Crippen LogP contribution in [0, 0.1) is 13.8 Å². The lowest BCUT2D eigenvalue weighted by atomic mass is 10.1. The monoisotopic (exact) mass is 460 g/mol. The normalized spacial score (nSPS) is 12.3. The van der Waals surface area contributed by atoms with Gasteiger partial charge in [0.05, 0.1) is 16.9 Å². The van der Waals surface area contributed by atoms with E-state index in [4.69, 9.17) is 0 Å². The van der Waals surface area contributed by atoms with Gasteiger partial charge in [0.25, 0.3) is 5.91 Å². The van der Waals surface area contributed by atoms with Gasteiger partial charge in [0.1, 0.15) is 6.54 Å². The molecular weight excluding hydrogens is 428 g/mol. The fraction of sp³-hybridized carbons (Fsp3) is 0.391. The molecule has 2 N–H and O–H groups in total. The third-order valence-corrected chi connectivity index (χ3v) is 6.90. The van der Waals surface area contributed by atoms with Gasteiger partial charge in [-0.25, -0.2) is 4.31 Å². The fourth-order valence-electron chi connectivity index (χ4n) is 2.99. The Labute approximate surface area is 190 Å². The van der Waals surface area contributed by atoms with Gasteiger partial charge >= 0.3 is 10.2 Å². The Morgan fingerprint density at radius 1 is 1.06 bits per heavy atom. The smallest absolute Gasteiger partial charge is 0.304 e. The summed E-state index contributed by atoms with van der Waals surface area (Å²) in [5, 5.41) is 5.58. The minimum absolute atomic E-state index is 0.0173. The van der Waals surface area contributed by atoms with Crippen molar-refractivity contribution in [1.82, 2.24) is 9.62 Å². The maximum atomic E-state index is 13.0. The van der Waals surface area contributed by atoms with Crippen LogP contribution in [0.4, 0.5) is 11.4 Å². The standard InChI is InChI=1S/C23H32N4O4S/c1-7-18(4)24-23(29)19-10-8-9-11-20(19)25-22(28)15-27(32(30,31)26(5)6)21-14-16(2)12-13-17(21)3/h8-14,18H,7,15H2,1-6H3,(H,24,29)(H,25,28). The molecule has 174 valence electrons. The van der Waals surface area contributed by atoms with E-state index in [1.165, 1.54) is 14.1 Å². The summed E-state index contributed by atoms with van der Waals surface area (Å²) in [5.74, 6) is -0.859. The van der Waals surface area contributed by atoms with Crippen molar-refractivity contribution in [2.75, 3.05) is 30.3 Å². The molecule has 0 aliphatic carbocycles. The van der Waals surface area contributed by atoms with Gasteiger partial charge in [-0.2, -0.15) is 12.7 Å². The van der Waals surface area contributed by atoms with Gasteiger partial charge in [0.2, 0.25) is 5.91 Å². The zero-order valence-electron chi connectivity index (χ0n) is 19.5. The van der Waals surface area contributed by atoms with Crippen LogP contribution >= 0.6 is 0 Å². The summed E-state index contributed by atoms with van der Waals surface area (Å²) in [6.07, 6.45) is 0.771. The molecule has 0 bridgehead atoms. The number of nitrogens with one attached hydrogen (secondary N) is 2. The largest absolute Gasteiger partial charge is 0.350 e. The molecule has 2 rings (SSSR count). The molecule has 0 radical (unpaired) electrons. The molecule has 1 atom stereocenters. The molecule has 8 nitrogen and oxygen atoms in total. The number of carbonyl (C=O) groups is 2. The second-order valence-electron chi connectivity index (χ2n) is 7.96. The first-order valence-electron chi connectivity index (χ1n) is 10.4. The van der Waals surface area contributed by atoms with Gasteiger partial charge < -0.3 is 10.6 Å². The molecule has 0 spiro atoms. The number of amides is 2. The van der Waals surface area contributed by atoms with Crippen LogP contribution in [-0.2, 0) is 15.0 Å². The Kier molecular flexibility index (Phi) is 8.40. The van der Waals surface area contributed by atoms with Crippen LogP contribution in [0.2, 0.25) is 0 Å². The van der Waals surface area contributed by atoms with E-state index < -0.39 is 22.7 Å². The lowest BCUT2D eigenvalue weighted by Crippen LogP contribution is -2.44. The highest BCUT2D eigenvalue weighted by molar-refractivity contribution is 7.90. The number of rotatable bonds is 9. The summed E-state index contributed by atoms with van der Waals surface area (Å²) >= 11 is 0. The molecule has 9 heteroatoms. The third-order valence-electron chi connectivity index (χ3n) is 5.10. The van der Waals surface area contributed by atoms with Gasteiger partial charge in [0, 0.05) is 20.1 Å². The van der Waals surface area contributed by atoms with Crippen LogP contribution in [0.5, 0.6) is 0 Å². The zero-order valence-corrected chi connectivity index (χ0v) is 20.3. The number of hydrogen-bond donors (Lipinski definition) is 2. The van der Waals surface area contributed by atoms with E-state index >= 15 is 0 Å². The number of benzene rings is 2. The van der Waals surface area contributed by atoms with Crippen LogP contribution in [0.15, 0.2) is 42.5 Å². The fourth-order valence-corrected chi connectivity index (χ4v) is 4.11. The maximum Gasteiger partial charge on any atom is 0.304 e.